The highest BCUT2D eigenvalue weighted by atomic mass is 16.6. The maximum absolute atomic E-state index is 15.3. The van der Waals surface area contributed by atoms with E-state index in [1.165, 1.54) is 26.2 Å². The zero-order valence-corrected chi connectivity index (χ0v) is 51.9. The van der Waals surface area contributed by atoms with Crippen molar-refractivity contribution in [3.8, 4) is 40.1 Å². The summed E-state index contributed by atoms with van der Waals surface area (Å²) in [5, 5.41) is 28.0. The lowest BCUT2D eigenvalue weighted by molar-refractivity contribution is -0.141. The molecule has 0 aliphatic carbocycles. The summed E-state index contributed by atoms with van der Waals surface area (Å²) in [4.78, 5) is 121. The minimum atomic E-state index is -1.60. The lowest BCUT2D eigenvalue weighted by atomic mass is 9.87. The molecule has 0 radical (unpaired) electrons. The van der Waals surface area contributed by atoms with Crippen LogP contribution in [0.2, 0.25) is 0 Å². The van der Waals surface area contributed by atoms with Gasteiger partial charge in [-0.2, -0.15) is 5.26 Å². The van der Waals surface area contributed by atoms with Crippen molar-refractivity contribution in [3.63, 3.8) is 0 Å². The molecule has 7 N–H and O–H groups in total. The lowest BCUT2D eigenvalue weighted by Gasteiger charge is -2.33. The Morgan fingerprint density at radius 3 is 1.77 bits per heavy atom. The monoisotopic (exact) mass is 1190 g/mol. The van der Waals surface area contributed by atoms with Gasteiger partial charge in [0.25, 0.3) is 5.91 Å². The van der Waals surface area contributed by atoms with Gasteiger partial charge in [0.15, 0.2) is 5.82 Å². The van der Waals surface area contributed by atoms with Gasteiger partial charge in [-0.3, -0.25) is 24.0 Å². The third-order valence-corrected chi connectivity index (χ3v) is 12.8. The minimum absolute atomic E-state index is 0.00846. The highest BCUT2D eigenvalue weighted by Crippen LogP contribution is 2.40. The summed E-state index contributed by atoms with van der Waals surface area (Å²) < 4.78 is 29.0. The Kier molecular flexibility index (Phi) is 23.0. The molecular weight excluding hydrogens is 1110 g/mol. The highest BCUT2D eigenvalue weighted by Gasteiger charge is 2.37. The van der Waals surface area contributed by atoms with Gasteiger partial charge in [0.2, 0.25) is 23.6 Å². The molecule has 2 heterocycles. The van der Waals surface area contributed by atoms with Crippen LogP contribution < -0.4 is 46.7 Å². The van der Waals surface area contributed by atoms with Gasteiger partial charge < -0.3 is 65.8 Å². The predicted molar refractivity (Wildman–Crippen MR) is 320 cm³/mol. The molecule has 24 heteroatoms. The summed E-state index contributed by atoms with van der Waals surface area (Å²) in [6.45, 7) is 23.9. The van der Waals surface area contributed by atoms with Crippen LogP contribution in [0.1, 0.15) is 135 Å². The van der Waals surface area contributed by atoms with Crippen molar-refractivity contribution in [1.82, 2.24) is 52.1 Å². The number of aromatic nitrogens is 2. The van der Waals surface area contributed by atoms with Crippen LogP contribution >= 0.6 is 0 Å². The number of alkyl carbamates (subject to hydrolysis) is 3. The molecule has 0 saturated carbocycles. The van der Waals surface area contributed by atoms with Crippen molar-refractivity contribution >= 4 is 47.8 Å². The van der Waals surface area contributed by atoms with Crippen LogP contribution in [-0.2, 0) is 45.2 Å². The van der Waals surface area contributed by atoms with Crippen LogP contribution in [0.5, 0.6) is 11.5 Å². The van der Waals surface area contributed by atoms with E-state index >= 15 is 9.59 Å². The number of nitrogens with zero attached hydrogens (tertiary/aromatic N) is 4. The number of nitrogens with one attached hydrogen (secondary N) is 7. The molecule has 5 rings (SSSR count). The fraction of sp³-hybridized carbons (Fsp3) is 0.500. The van der Waals surface area contributed by atoms with Crippen LogP contribution in [0.25, 0.3) is 22.5 Å². The Labute approximate surface area is 502 Å². The first kappa shape index (κ1) is 67.8. The molecule has 0 saturated heterocycles. The Morgan fingerprint density at radius 1 is 0.709 bits per heavy atom. The van der Waals surface area contributed by atoms with E-state index in [4.69, 9.17) is 23.7 Å². The smallest absolute Gasteiger partial charge is 0.407 e. The number of nitriles is 1. The van der Waals surface area contributed by atoms with E-state index in [1.807, 2.05) is 30.3 Å². The molecule has 0 unspecified atom stereocenters. The minimum Gasteiger partial charge on any atom is -0.491 e. The third-order valence-electron chi connectivity index (χ3n) is 12.8. The summed E-state index contributed by atoms with van der Waals surface area (Å²) in [6.07, 6.45) is -1.15. The fourth-order valence-corrected chi connectivity index (χ4v) is 8.70. The van der Waals surface area contributed by atoms with Crippen LogP contribution in [0.4, 0.5) is 14.4 Å². The SMILES string of the molecule is Cc1nc(-c2ccc(C(C)(C)C)cc2)ncc1C(=O)N[C@@H](CCNC(=O)OC(C)(C)C)C(=O)N(C)[C@@H]1C(=O)N[C@@H](C)C(=O)N[C@H](C(=O)NCC#N)Cc2ccc(OCCNC(=O)OC(C)(C)C)c(c2)-c2cc1ccc2OCCNC(=O)OC(C)(C)C. The van der Waals surface area contributed by atoms with Crippen molar-refractivity contribution in [3.05, 3.63) is 94.8 Å². The number of hydrogen-bond acceptors (Lipinski definition) is 16. The van der Waals surface area contributed by atoms with Gasteiger partial charge in [0, 0.05) is 42.9 Å². The van der Waals surface area contributed by atoms with Gasteiger partial charge in [-0.15, -0.1) is 0 Å². The number of carbonyl (C=O) groups is 8. The van der Waals surface area contributed by atoms with Gasteiger partial charge in [-0.05, 0) is 129 Å². The molecule has 4 bridgehead atoms. The molecule has 0 spiro atoms. The Morgan fingerprint density at radius 2 is 1.24 bits per heavy atom. The number of benzene rings is 3. The number of hydrogen-bond donors (Lipinski definition) is 7. The maximum atomic E-state index is 15.3. The van der Waals surface area contributed by atoms with E-state index in [9.17, 15) is 34.0 Å². The topological polar surface area (TPSA) is 320 Å². The van der Waals surface area contributed by atoms with Crippen LogP contribution in [-0.4, -0.2) is 144 Å². The quantitative estimate of drug-likeness (QED) is 0.0313. The number of amides is 8. The van der Waals surface area contributed by atoms with E-state index in [2.05, 4.69) is 68.0 Å². The molecule has 4 aromatic rings. The summed E-state index contributed by atoms with van der Waals surface area (Å²) in [6, 6.07) is 13.6. The fourth-order valence-electron chi connectivity index (χ4n) is 8.70. The second kappa shape index (κ2) is 29.2. The molecule has 1 aromatic heterocycles. The van der Waals surface area contributed by atoms with Gasteiger partial charge in [-0.25, -0.2) is 24.4 Å². The van der Waals surface area contributed by atoms with Gasteiger partial charge in [0.05, 0.1) is 30.4 Å². The Hall–Kier alpha value is -9.01. The van der Waals surface area contributed by atoms with Crippen LogP contribution in [0, 0.1) is 18.3 Å². The molecule has 24 nitrogen and oxygen atoms in total. The maximum Gasteiger partial charge on any atom is 0.407 e. The van der Waals surface area contributed by atoms with E-state index < -0.39 is 88.8 Å². The first-order valence-corrected chi connectivity index (χ1v) is 28.3. The largest absolute Gasteiger partial charge is 0.491 e. The van der Waals surface area contributed by atoms with Crippen molar-refractivity contribution in [2.75, 3.05) is 46.4 Å². The molecule has 3 aromatic carbocycles. The molecule has 86 heavy (non-hydrogen) atoms. The number of fused-ring (bicyclic) bond motifs is 5. The summed E-state index contributed by atoms with van der Waals surface area (Å²) in [5.74, 6) is -3.14. The molecule has 8 amide bonds. The average molecular weight is 1190 g/mol. The number of rotatable bonds is 18. The number of carbonyl (C=O) groups excluding carboxylic acids is 8. The standard InChI is InChI=1S/C62H83N11O13/c1-36-44(35-68-50(69-36)39-17-20-41(21-18-39)59(3,4)5)52(75)71-45(24-26-65-56(79)84-60(6,7)8)55(78)73(15)49-40-19-23-48(83-31-29-67-58(81)86-62(12,13)14)43(34-40)42-32-38(16-22-47(42)82-30-28-66-57(80)85-61(9,10)11)33-46(53(76)64-27-25-63)72-51(74)37(2)70-54(49)77/h16-23,32,34-35,37,45-46,49H,24,26-31,33H2,1-15H3,(H,64,76)(H,65,79)(H,66,80)(H,67,81)(H,70,77)(H,71,75)(H,72,74)/t37-,45-,46-,49-/m0/s1. The van der Waals surface area contributed by atoms with Gasteiger partial charge in [-0.1, -0.05) is 57.2 Å². The summed E-state index contributed by atoms with van der Waals surface area (Å²) in [5.41, 5.74) is 0.892. The van der Waals surface area contributed by atoms with Crippen molar-refractivity contribution < 1.29 is 62.0 Å². The predicted octanol–water partition coefficient (Wildman–Crippen LogP) is 6.62. The zero-order chi connectivity index (χ0) is 63.9. The van der Waals surface area contributed by atoms with E-state index in [1.54, 1.807) is 99.6 Å². The number of ether oxygens (including phenoxy) is 5. The second-order valence-electron chi connectivity index (χ2n) is 24.6. The van der Waals surface area contributed by atoms with Crippen molar-refractivity contribution in [2.24, 2.45) is 0 Å². The summed E-state index contributed by atoms with van der Waals surface area (Å²) >= 11 is 0. The first-order chi connectivity index (χ1) is 40.1. The molecule has 4 atom stereocenters. The van der Waals surface area contributed by atoms with Crippen molar-refractivity contribution in [2.45, 2.75) is 156 Å². The Balaban J connectivity index is 1.65. The molecule has 1 aliphatic heterocycles. The zero-order valence-electron chi connectivity index (χ0n) is 51.9. The van der Waals surface area contributed by atoms with Crippen LogP contribution in [0.3, 0.4) is 0 Å². The van der Waals surface area contributed by atoms with Crippen LogP contribution in [0.15, 0.2) is 66.9 Å². The average Bonchev–Trinajstić information content (AvgIpc) is 2.81. The van der Waals surface area contributed by atoms with E-state index in [-0.39, 0.29) is 85.8 Å². The Bertz CT molecular complexity index is 3150. The van der Waals surface area contributed by atoms with Crippen molar-refractivity contribution in [1.29, 1.82) is 5.26 Å². The number of aryl methyl sites for hydroxylation is 1. The van der Waals surface area contributed by atoms with Gasteiger partial charge >= 0.3 is 18.3 Å². The summed E-state index contributed by atoms with van der Waals surface area (Å²) in [7, 11) is 1.34. The molecule has 0 fully saturated rings. The number of likely N-dealkylation sites (N-methyl/N-ethyl adjacent to an activating group) is 1. The third kappa shape index (κ3) is 20.7. The van der Waals surface area contributed by atoms with E-state index in [0.29, 0.717) is 28.2 Å². The lowest BCUT2D eigenvalue weighted by Crippen LogP contribution is -2.56. The molecule has 464 valence electrons. The van der Waals surface area contributed by atoms with E-state index in [0.717, 1.165) is 10.5 Å². The normalized spacial score (nSPS) is 15.8. The first-order valence-electron chi connectivity index (χ1n) is 28.3. The highest BCUT2D eigenvalue weighted by molar-refractivity contribution is 6.00. The molecular formula is C62H83N11O13. The van der Waals surface area contributed by atoms with Gasteiger partial charge in [0.1, 0.15) is 72.2 Å². The molecule has 1 aliphatic rings. The second-order valence-corrected chi connectivity index (χ2v) is 24.6.